The zero-order chi connectivity index (χ0) is 11.4. The molecule has 0 spiro atoms. The predicted molar refractivity (Wildman–Crippen MR) is 61.0 cm³/mol. The Morgan fingerprint density at radius 3 is 2.80 bits per heavy atom. The molecule has 1 rings (SSSR count). The molecule has 0 unspecified atom stereocenters. The number of rotatable bonds is 4. The number of hydrogen-bond donors (Lipinski definition) is 1. The molecule has 0 saturated carbocycles. The maximum absolute atomic E-state index is 11.8. The van der Waals surface area contributed by atoms with Crippen LogP contribution in [0.4, 0.5) is 5.82 Å². The number of aromatic nitrogens is 2. The molecule has 0 bridgehead atoms. The van der Waals surface area contributed by atoms with Gasteiger partial charge in [-0.1, -0.05) is 0 Å². The highest BCUT2D eigenvalue weighted by molar-refractivity contribution is 5.36. The zero-order valence-electron chi connectivity index (χ0n) is 9.47. The van der Waals surface area contributed by atoms with E-state index in [0.29, 0.717) is 18.9 Å². The van der Waals surface area contributed by atoms with E-state index >= 15 is 0 Å². The van der Waals surface area contributed by atoms with E-state index < -0.39 is 0 Å². The first-order valence-electron chi connectivity index (χ1n) is 5.06. The monoisotopic (exact) mass is 210 g/mol. The van der Waals surface area contributed by atoms with Crippen molar-refractivity contribution in [2.45, 2.75) is 19.9 Å². The summed E-state index contributed by atoms with van der Waals surface area (Å²) in [5, 5.41) is 0. The van der Waals surface area contributed by atoms with Gasteiger partial charge in [0.2, 0.25) is 0 Å². The summed E-state index contributed by atoms with van der Waals surface area (Å²) in [5.41, 5.74) is 5.43. The third kappa shape index (κ3) is 2.56. The summed E-state index contributed by atoms with van der Waals surface area (Å²) in [5.74, 6) is 0.473. The minimum atomic E-state index is -0.0837. The van der Waals surface area contributed by atoms with Crippen molar-refractivity contribution in [3.63, 3.8) is 0 Å². The van der Waals surface area contributed by atoms with Crippen molar-refractivity contribution < 1.29 is 0 Å². The van der Waals surface area contributed by atoms with E-state index in [9.17, 15) is 4.79 Å². The molecule has 0 fully saturated rings. The van der Waals surface area contributed by atoms with Crippen LogP contribution in [0.25, 0.3) is 0 Å². The van der Waals surface area contributed by atoms with Crippen molar-refractivity contribution in [1.82, 2.24) is 9.55 Å². The van der Waals surface area contributed by atoms with Gasteiger partial charge in [-0.05, 0) is 13.8 Å². The van der Waals surface area contributed by atoms with Crippen LogP contribution in [0.2, 0.25) is 0 Å². The first-order valence-corrected chi connectivity index (χ1v) is 5.06. The summed E-state index contributed by atoms with van der Waals surface area (Å²) in [6, 6.07) is 0.219. The fourth-order valence-corrected chi connectivity index (χ4v) is 1.43. The van der Waals surface area contributed by atoms with E-state index in [1.807, 2.05) is 18.7 Å². The van der Waals surface area contributed by atoms with Crippen LogP contribution in [-0.4, -0.2) is 28.7 Å². The van der Waals surface area contributed by atoms with Crippen LogP contribution in [0.1, 0.15) is 13.8 Å². The van der Waals surface area contributed by atoms with Gasteiger partial charge in [0.25, 0.3) is 5.56 Å². The summed E-state index contributed by atoms with van der Waals surface area (Å²) < 4.78 is 1.52. The topological polar surface area (TPSA) is 64.2 Å². The fraction of sp³-hybridized carbons (Fsp3) is 0.600. The first-order chi connectivity index (χ1) is 7.07. The highest BCUT2D eigenvalue weighted by Crippen LogP contribution is 2.06. The lowest BCUT2D eigenvalue weighted by molar-refractivity contribution is 0.661. The zero-order valence-corrected chi connectivity index (χ0v) is 9.47. The van der Waals surface area contributed by atoms with Gasteiger partial charge in [0.15, 0.2) is 5.82 Å². The largest absolute Gasteiger partial charge is 0.348 e. The molecule has 0 amide bonds. The second-order valence-electron chi connectivity index (χ2n) is 3.74. The van der Waals surface area contributed by atoms with Gasteiger partial charge < -0.3 is 15.2 Å². The second-order valence-corrected chi connectivity index (χ2v) is 3.74. The lowest BCUT2D eigenvalue weighted by Crippen LogP contribution is -2.40. The maximum atomic E-state index is 11.8. The molecule has 2 N–H and O–H groups in total. The highest BCUT2D eigenvalue weighted by Gasteiger charge is 2.14. The van der Waals surface area contributed by atoms with E-state index in [2.05, 4.69) is 4.98 Å². The molecule has 1 aromatic heterocycles. The van der Waals surface area contributed by atoms with E-state index in [4.69, 9.17) is 5.73 Å². The van der Waals surface area contributed by atoms with E-state index in [0.717, 1.165) is 0 Å². The lowest BCUT2D eigenvalue weighted by Gasteiger charge is -2.26. The second kappa shape index (κ2) is 4.93. The standard InChI is InChI=1S/C10H18N4O/c1-8(2)14(6-4-11)9-10(15)13(3)7-5-12-9/h5,7-8H,4,6,11H2,1-3H3. The number of nitrogens with zero attached hydrogens (tertiary/aromatic N) is 3. The third-order valence-electron chi connectivity index (χ3n) is 2.26. The smallest absolute Gasteiger partial charge is 0.293 e. The van der Waals surface area contributed by atoms with Crippen LogP contribution in [0.5, 0.6) is 0 Å². The SMILES string of the molecule is CC(C)N(CCN)c1nccn(C)c1=O. The minimum Gasteiger partial charge on any atom is -0.348 e. The molecule has 0 aliphatic carbocycles. The molecule has 0 radical (unpaired) electrons. The van der Waals surface area contributed by atoms with Crippen molar-refractivity contribution >= 4 is 5.82 Å². The Labute approximate surface area is 89.5 Å². The number of anilines is 1. The van der Waals surface area contributed by atoms with Crippen LogP contribution in [0.3, 0.4) is 0 Å². The van der Waals surface area contributed by atoms with E-state index in [1.165, 1.54) is 4.57 Å². The van der Waals surface area contributed by atoms with Crippen LogP contribution in [-0.2, 0) is 7.05 Å². The molecule has 5 heteroatoms. The van der Waals surface area contributed by atoms with Gasteiger partial charge in [0.1, 0.15) is 0 Å². The van der Waals surface area contributed by atoms with Crippen LogP contribution in [0, 0.1) is 0 Å². The van der Waals surface area contributed by atoms with Gasteiger partial charge in [-0.2, -0.15) is 0 Å². The van der Waals surface area contributed by atoms with Crippen molar-refractivity contribution in [2.75, 3.05) is 18.0 Å². The van der Waals surface area contributed by atoms with Gasteiger partial charge in [-0.3, -0.25) is 4.79 Å². The number of aryl methyl sites for hydroxylation is 1. The Morgan fingerprint density at radius 1 is 1.60 bits per heavy atom. The molecule has 0 atom stereocenters. The Kier molecular flexibility index (Phi) is 3.85. The molecule has 0 saturated heterocycles. The molecule has 84 valence electrons. The van der Waals surface area contributed by atoms with Crippen molar-refractivity contribution in [3.8, 4) is 0 Å². The van der Waals surface area contributed by atoms with Crippen LogP contribution in [0.15, 0.2) is 17.2 Å². The molecule has 5 nitrogen and oxygen atoms in total. The van der Waals surface area contributed by atoms with Gasteiger partial charge >= 0.3 is 0 Å². The molecule has 15 heavy (non-hydrogen) atoms. The molecule has 1 aromatic rings. The molecule has 1 heterocycles. The predicted octanol–water partition coefficient (Wildman–Crippen LogP) is -0.0462. The highest BCUT2D eigenvalue weighted by atomic mass is 16.1. The Hall–Kier alpha value is -1.36. The van der Waals surface area contributed by atoms with E-state index in [1.54, 1.807) is 19.4 Å². The van der Waals surface area contributed by atoms with Gasteiger partial charge in [0, 0.05) is 38.6 Å². The van der Waals surface area contributed by atoms with Gasteiger partial charge in [-0.15, -0.1) is 0 Å². The van der Waals surface area contributed by atoms with Crippen molar-refractivity contribution in [1.29, 1.82) is 0 Å². The van der Waals surface area contributed by atoms with Crippen LogP contribution >= 0.6 is 0 Å². The maximum Gasteiger partial charge on any atom is 0.293 e. The molecular formula is C10H18N4O. The minimum absolute atomic E-state index is 0.0837. The first kappa shape index (κ1) is 11.7. The third-order valence-corrected chi connectivity index (χ3v) is 2.26. The van der Waals surface area contributed by atoms with Gasteiger partial charge in [0.05, 0.1) is 0 Å². The van der Waals surface area contributed by atoms with Crippen molar-refractivity contribution in [2.24, 2.45) is 12.8 Å². The molecule has 0 aliphatic rings. The Balaban J connectivity index is 3.11. The van der Waals surface area contributed by atoms with Crippen molar-refractivity contribution in [3.05, 3.63) is 22.7 Å². The lowest BCUT2D eigenvalue weighted by atomic mass is 10.3. The summed E-state index contributed by atoms with van der Waals surface area (Å²) >= 11 is 0. The molecule has 0 aliphatic heterocycles. The molecular weight excluding hydrogens is 192 g/mol. The Morgan fingerprint density at radius 2 is 2.27 bits per heavy atom. The summed E-state index contributed by atoms with van der Waals surface area (Å²) in [7, 11) is 1.72. The van der Waals surface area contributed by atoms with E-state index in [-0.39, 0.29) is 11.6 Å². The number of hydrogen-bond acceptors (Lipinski definition) is 4. The normalized spacial score (nSPS) is 10.7. The average Bonchev–Trinajstić information content (AvgIpc) is 2.19. The Bertz CT molecular complexity index is 372. The van der Waals surface area contributed by atoms with Crippen LogP contribution < -0.4 is 16.2 Å². The summed E-state index contributed by atoms with van der Waals surface area (Å²) in [6.45, 7) is 5.19. The fourth-order valence-electron chi connectivity index (χ4n) is 1.43. The quantitative estimate of drug-likeness (QED) is 0.757. The molecule has 0 aromatic carbocycles. The summed E-state index contributed by atoms with van der Waals surface area (Å²) in [4.78, 5) is 17.8. The summed E-state index contributed by atoms with van der Waals surface area (Å²) in [6.07, 6.45) is 3.27. The number of nitrogens with two attached hydrogens (primary N) is 1. The average molecular weight is 210 g/mol. The van der Waals surface area contributed by atoms with Gasteiger partial charge in [-0.25, -0.2) is 4.98 Å².